The van der Waals surface area contributed by atoms with Gasteiger partial charge >= 0.3 is 0 Å². The highest BCUT2D eigenvalue weighted by Gasteiger charge is 2.27. The highest BCUT2D eigenvalue weighted by molar-refractivity contribution is 6.01. The fraction of sp³-hybridized carbons (Fsp3) is 0.500. The van der Waals surface area contributed by atoms with Gasteiger partial charge in [0.15, 0.2) is 5.78 Å². The molecular weight excluding hydrogens is 184 g/mol. The molecule has 15 heavy (non-hydrogen) atoms. The Bertz CT molecular complexity index is 410. The zero-order valence-electron chi connectivity index (χ0n) is 9.92. The van der Waals surface area contributed by atoms with Crippen molar-refractivity contribution in [2.45, 2.75) is 45.4 Å². The zero-order valence-corrected chi connectivity index (χ0v) is 9.92. The molecule has 0 bridgehead atoms. The Labute approximate surface area is 91.5 Å². The average molecular weight is 202 g/mol. The van der Waals surface area contributed by atoms with Crippen molar-refractivity contribution in [1.29, 1.82) is 0 Å². The van der Waals surface area contributed by atoms with Gasteiger partial charge in [-0.15, -0.1) is 0 Å². The third-order valence-corrected chi connectivity index (χ3v) is 3.24. The van der Waals surface area contributed by atoms with Gasteiger partial charge in [0.2, 0.25) is 0 Å². The maximum Gasteiger partial charge on any atom is 0.163 e. The van der Waals surface area contributed by atoms with Gasteiger partial charge in [0.1, 0.15) is 0 Å². The number of Topliss-reactive ketones (excluding diaryl/α,β-unsaturated/α-hetero) is 1. The van der Waals surface area contributed by atoms with Gasteiger partial charge in [-0.05, 0) is 28.5 Å². The number of hydrogen-bond donors (Lipinski definition) is 0. The summed E-state index contributed by atoms with van der Waals surface area (Å²) in [5, 5.41) is 0. The van der Waals surface area contributed by atoms with Crippen LogP contribution in [0.1, 0.15) is 61.5 Å². The molecule has 0 aromatic heterocycles. The van der Waals surface area contributed by atoms with Crippen molar-refractivity contribution in [1.82, 2.24) is 0 Å². The third kappa shape index (κ3) is 1.71. The predicted molar refractivity (Wildman–Crippen MR) is 62.5 cm³/mol. The van der Waals surface area contributed by atoms with Crippen LogP contribution in [0.4, 0.5) is 0 Å². The van der Waals surface area contributed by atoms with Gasteiger partial charge < -0.3 is 0 Å². The Morgan fingerprint density at radius 1 is 1.27 bits per heavy atom. The lowest BCUT2D eigenvalue weighted by atomic mass is 9.85. The Balaban J connectivity index is 2.52. The number of fused-ring (bicyclic) bond motifs is 1. The minimum absolute atomic E-state index is 0.126. The average Bonchev–Trinajstić information content (AvgIpc) is 2.41. The summed E-state index contributed by atoms with van der Waals surface area (Å²) in [7, 11) is 0. The smallest absolute Gasteiger partial charge is 0.163 e. The third-order valence-electron chi connectivity index (χ3n) is 3.24. The molecule has 1 aromatic carbocycles. The Hall–Kier alpha value is -1.11. The van der Waals surface area contributed by atoms with Crippen LogP contribution in [0, 0.1) is 0 Å². The summed E-state index contributed by atoms with van der Waals surface area (Å²) in [5.41, 5.74) is 3.56. The first-order valence-electron chi connectivity index (χ1n) is 5.57. The summed E-state index contributed by atoms with van der Waals surface area (Å²) < 4.78 is 0. The summed E-state index contributed by atoms with van der Waals surface area (Å²) in [4.78, 5) is 11.8. The highest BCUT2D eigenvalue weighted by Crippen LogP contribution is 2.35. The second kappa shape index (κ2) is 3.19. The first-order valence-corrected chi connectivity index (χ1v) is 5.57. The van der Waals surface area contributed by atoms with E-state index in [4.69, 9.17) is 0 Å². The lowest BCUT2D eigenvalue weighted by Crippen LogP contribution is -2.11. The van der Waals surface area contributed by atoms with Gasteiger partial charge in [-0.2, -0.15) is 0 Å². The molecule has 0 saturated heterocycles. The van der Waals surface area contributed by atoms with E-state index in [1.165, 1.54) is 11.1 Å². The molecule has 80 valence electrons. The van der Waals surface area contributed by atoms with Crippen LogP contribution in [0.15, 0.2) is 18.2 Å². The minimum atomic E-state index is 0.126. The maximum atomic E-state index is 11.8. The van der Waals surface area contributed by atoms with Crippen molar-refractivity contribution in [3.05, 3.63) is 34.9 Å². The SMILES string of the molecule is CC1CC(=O)c2cc(C(C)(C)C)ccc21. The fourth-order valence-electron chi connectivity index (χ4n) is 2.19. The van der Waals surface area contributed by atoms with Crippen molar-refractivity contribution in [3.8, 4) is 0 Å². The first-order chi connectivity index (χ1) is 6.89. The Morgan fingerprint density at radius 2 is 1.93 bits per heavy atom. The molecule has 0 aliphatic heterocycles. The van der Waals surface area contributed by atoms with Crippen LogP contribution < -0.4 is 0 Å². The van der Waals surface area contributed by atoms with Crippen molar-refractivity contribution in [2.75, 3.05) is 0 Å². The van der Waals surface area contributed by atoms with Crippen LogP contribution in [-0.4, -0.2) is 5.78 Å². The van der Waals surface area contributed by atoms with E-state index in [1.54, 1.807) is 0 Å². The quantitative estimate of drug-likeness (QED) is 0.627. The Kier molecular flexibility index (Phi) is 2.22. The molecule has 0 radical (unpaired) electrons. The van der Waals surface area contributed by atoms with Crippen LogP contribution in [-0.2, 0) is 5.41 Å². The van der Waals surface area contributed by atoms with E-state index in [0.717, 1.165) is 5.56 Å². The number of rotatable bonds is 0. The molecule has 0 saturated carbocycles. The van der Waals surface area contributed by atoms with Crippen molar-refractivity contribution < 1.29 is 4.79 Å². The molecule has 0 heterocycles. The second-order valence-electron chi connectivity index (χ2n) is 5.58. The van der Waals surface area contributed by atoms with Gasteiger partial charge in [0.05, 0.1) is 0 Å². The van der Waals surface area contributed by atoms with E-state index >= 15 is 0 Å². The van der Waals surface area contributed by atoms with Crippen LogP contribution in [0.3, 0.4) is 0 Å². The number of hydrogen-bond acceptors (Lipinski definition) is 1. The first kappa shape index (κ1) is 10.4. The molecule has 1 aromatic rings. The van der Waals surface area contributed by atoms with E-state index in [2.05, 4.69) is 45.9 Å². The highest BCUT2D eigenvalue weighted by atomic mass is 16.1. The largest absolute Gasteiger partial charge is 0.294 e. The van der Waals surface area contributed by atoms with E-state index in [1.807, 2.05) is 0 Å². The summed E-state index contributed by atoms with van der Waals surface area (Å²) in [5.74, 6) is 0.713. The van der Waals surface area contributed by atoms with Gasteiger partial charge in [-0.3, -0.25) is 4.79 Å². The second-order valence-corrected chi connectivity index (χ2v) is 5.58. The number of carbonyl (C=O) groups is 1. The molecule has 1 aliphatic carbocycles. The molecule has 1 nitrogen and oxygen atoms in total. The summed E-state index contributed by atoms with van der Waals surface area (Å²) in [6, 6.07) is 6.38. The zero-order chi connectivity index (χ0) is 11.2. The van der Waals surface area contributed by atoms with E-state index in [-0.39, 0.29) is 5.41 Å². The predicted octanol–water partition coefficient (Wildman–Crippen LogP) is 3.67. The van der Waals surface area contributed by atoms with Crippen LogP contribution in [0.25, 0.3) is 0 Å². The normalized spacial score (nSPS) is 20.5. The van der Waals surface area contributed by atoms with E-state index < -0.39 is 0 Å². The van der Waals surface area contributed by atoms with Gasteiger partial charge in [0.25, 0.3) is 0 Å². The van der Waals surface area contributed by atoms with Gasteiger partial charge in [0, 0.05) is 12.0 Å². The van der Waals surface area contributed by atoms with E-state index in [0.29, 0.717) is 18.1 Å². The van der Waals surface area contributed by atoms with Crippen LogP contribution in [0.2, 0.25) is 0 Å². The molecular formula is C14H18O. The molecule has 0 fully saturated rings. The topological polar surface area (TPSA) is 17.1 Å². The number of ketones is 1. The molecule has 1 unspecified atom stereocenters. The number of benzene rings is 1. The molecule has 0 spiro atoms. The molecule has 0 amide bonds. The summed E-state index contributed by atoms with van der Waals surface area (Å²) in [6.07, 6.45) is 0.683. The lowest BCUT2D eigenvalue weighted by molar-refractivity contribution is 0.0990. The van der Waals surface area contributed by atoms with Crippen molar-refractivity contribution in [2.24, 2.45) is 0 Å². The fourth-order valence-corrected chi connectivity index (χ4v) is 2.19. The van der Waals surface area contributed by atoms with Gasteiger partial charge in [-0.25, -0.2) is 0 Å². The number of carbonyl (C=O) groups excluding carboxylic acids is 1. The molecule has 0 N–H and O–H groups in total. The standard InChI is InChI=1S/C14H18O/c1-9-7-13(15)12-8-10(14(2,3)4)5-6-11(9)12/h5-6,8-9H,7H2,1-4H3. The Morgan fingerprint density at radius 3 is 2.53 bits per heavy atom. The summed E-state index contributed by atoms with van der Waals surface area (Å²) in [6.45, 7) is 8.66. The maximum absolute atomic E-state index is 11.8. The minimum Gasteiger partial charge on any atom is -0.294 e. The monoisotopic (exact) mass is 202 g/mol. The van der Waals surface area contributed by atoms with Crippen molar-refractivity contribution in [3.63, 3.8) is 0 Å². The van der Waals surface area contributed by atoms with Crippen LogP contribution >= 0.6 is 0 Å². The summed E-state index contributed by atoms with van der Waals surface area (Å²) >= 11 is 0. The van der Waals surface area contributed by atoms with Gasteiger partial charge in [-0.1, -0.05) is 39.8 Å². The molecule has 1 heteroatoms. The molecule has 1 atom stereocenters. The molecule has 2 rings (SSSR count). The molecule has 1 aliphatic rings. The van der Waals surface area contributed by atoms with Crippen LogP contribution in [0.5, 0.6) is 0 Å². The van der Waals surface area contributed by atoms with Crippen molar-refractivity contribution >= 4 is 5.78 Å². The van der Waals surface area contributed by atoms with E-state index in [9.17, 15) is 4.79 Å². The lowest BCUT2D eigenvalue weighted by Gasteiger charge is -2.20.